The minimum Gasteiger partial charge on any atom is -0.303 e. The summed E-state index contributed by atoms with van der Waals surface area (Å²) in [6.07, 6.45) is 0. The molecule has 17 heavy (non-hydrogen) atoms. The van der Waals surface area contributed by atoms with Crippen molar-refractivity contribution < 1.29 is 18.9 Å². The number of aryl methyl sites for hydroxylation is 1. The lowest BCUT2D eigenvalue weighted by Crippen LogP contribution is -2.14. The third-order valence-corrected chi connectivity index (χ3v) is 2.93. The highest BCUT2D eigenvalue weighted by molar-refractivity contribution is 7.46. The number of nitrogens with zero attached hydrogens (tertiary/aromatic N) is 2. The Morgan fingerprint density at radius 2 is 1.88 bits per heavy atom. The molecule has 0 aliphatic carbocycles. The fraction of sp³-hybridized carbons (Fsp3) is 0.700. The molecule has 0 aromatic carbocycles. The summed E-state index contributed by atoms with van der Waals surface area (Å²) in [5.41, 5.74) is 2.73. The summed E-state index contributed by atoms with van der Waals surface area (Å²) >= 11 is 0. The Morgan fingerprint density at radius 3 is 2.24 bits per heavy atom. The van der Waals surface area contributed by atoms with Gasteiger partial charge in [0, 0.05) is 11.3 Å². The molecule has 1 rings (SSSR count). The molecule has 2 N–H and O–H groups in total. The van der Waals surface area contributed by atoms with Crippen molar-refractivity contribution in [3.63, 3.8) is 0 Å². The number of hydrogen-bond acceptors (Lipinski definition) is 3. The first kappa shape index (κ1) is 14.4. The quantitative estimate of drug-likeness (QED) is 0.812. The molecule has 0 amide bonds. The van der Waals surface area contributed by atoms with Crippen LogP contribution in [0.15, 0.2) is 0 Å². The molecule has 0 saturated carbocycles. The Labute approximate surface area is 101 Å². The number of rotatable bonds is 3. The third-order valence-electron chi connectivity index (χ3n) is 2.48. The molecule has 0 spiro atoms. The van der Waals surface area contributed by atoms with Crippen molar-refractivity contribution in [2.24, 2.45) is 0 Å². The predicted molar refractivity (Wildman–Crippen MR) is 63.5 cm³/mol. The molecule has 7 heteroatoms. The van der Waals surface area contributed by atoms with Gasteiger partial charge in [0.15, 0.2) is 6.73 Å². The largest absolute Gasteiger partial charge is 0.471 e. The molecule has 0 bridgehead atoms. The summed E-state index contributed by atoms with van der Waals surface area (Å²) in [7, 11) is -4.46. The van der Waals surface area contributed by atoms with Crippen LogP contribution in [0.2, 0.25) is 0 Å². The third kappa shape index (κ3) is 3.64. The average Bonchev–Trinajstić information content (AvgIpc) is 2.35. The van der Waals surface area contributed by atoms with E-state index < -0.39 is 7.82 Å². The van der Waals surface area contributed by atoms with E-state index >= 15 is 0 Å². The first-order valence-corrected chi connectivity index (χ1v) is 6.80. The fourth-order valence-electron chi connectivity index (χ4n) is 2.04. The maximum atomic E-state index is 10.6. The van der Waals surface area contributed by atoms with Gasteiger partial charge in [-0.2, -0.15) is 5.10 Å². The fourth-order valence-corrected chi connectivity index (χ4v) is 2.30. The summed E-state index contributed by atoms with van der Waals surface area (Å²) in [4.78, 5) is 17.3. The van der Waals surface area contributed by atoms with Gasteiger partial charge in [-0.15, -0.1) is 0 Å². The molecule has 1 aromatic heterocycles. The maximum absolute atomic E-state index is 10.6. The Morgan fingerprint density at radius 1 is 1.35 bits per heavy atom. The van der Waals surface area contributed by atoms with Crippen LogP contribution < -0.4 is 0 Å². The highest BCUT2D eigenvalue weighted by atomic mass is 31.2. The van der Waals surface area contributed by atoms with Crippen molar-refractivity contribution in [1.29, 1.82) is 0 Å². The van der Waals surface area contributed by atoms with E-state index in [2.05, 4.69) is 30.4 Å². The van der Waals surface area contributed by atoms with Gasteiger partial charge in [-0.25, -0.2) is 9.25 Å². The Balaban J connectivity index is 3.02. The van der Waals surface area contributed by atoms with E-state index in [0.717, 1.165) is 17.0 Å². The molecule has 0 aliphatic rings. The van der Waals surface area contributed by atoms with Crippen LogP contribution in [0.3, 0.4) is 0 Å². The smallest absolute Gasteiger partial charge is 0.303 e. The van der Waals surface area contributed by atoms with Gasteiger partial charge in [-0.1, -0.05) is 20.8 Å². The van der Waals surface area contributed by atoms with Crippen molar-refractivity contribution in [1.82, 2.24) is 9.78 Å². The maximum Gasteiger partial charge on any atom is 0.471 e. The zero-order valence-corrected chi connectivity index (χ0v) is 11.7. The van der Waals surface area contributed by atoms with Crippen LogP contribution in [0.25, 0.3) is 0 Å². The first-order valence-electron chi connectivity index (χ1n) is 5.27. The van der Waals surface area contributed by atoms with Crippen LogP contribution in [0, 0.1) is 13.8 Å². The van der Waals surface area contributed by atoms with Gasteiger partial charge in [-0.3, -0.25) is 4.52 Å². The monoisotopic (exact) mass is 262 g/mol. The molecule has 1 aromatic rings. The van der Waals surface area contributed by atoms with E-state index in [1.165, 1.54) is 4.68 Å². The molecule has 98 valence electrons. The molecule has 0 unspecified atom stereocenters. The van der Waals surface area contributed by atoms with E-state index in [0.29, 0.717) is 0 Å². The Hall–Kier alpha value is -0.680. The van der Waals surface area contributed by atoms with Crippen LogP contribution in [0.1, 0.15) is 37.7 Å². The van der Waals surface area contributed by atoms with Gasteiger partial charge < -0.3 is 9.79 Å². The first-order chi connectivity index (χ1) is 7.52. The second kappa shape index (κ2) is 4.53. The summed E-state index contributed by atoms with van der Waals surface area (Å²) < 4.78 is 16.5. The van der Waals surface area contributed by atoms with E-state index in [4.69, 9.17) is 9.79 Å². The molecule has 0 fully saturated rings. The number of phosphoric ester groups is 1. The van der Waals surface area contributed by atoms with Gasteiger partial charge in [-0.05, 0) is 19.3 Å². The van der Waals surface area contributed by atoms with Crippen LogP contribution in [-0.2, 0) is 21.2 Å². The Kier molecular flexibility index (Phi) is 3.84. The molecular weight excluding hydrogens is 243 g/mol. The second-order valence-electron chi connectivity index (χ2n) is 5.04. The summed E-state index contributed by atoms with van der Waals surface area (Å²) in [6.45, 7) is 9.70. The van der Waals surface area contributed by atoms with Gasteiger partial charge in [0.05, 0.1) is 5.69 Å². The van der Waals surface area contributed by atoms with Gasteiger partial charge in [0.1, 0.15) is 0 Å². The highest BCUT2D eigenvalue weighted by Crippen LogP contribution is 2.36. The highest BCUT2D eigenvalue weighted by Gasteiger charge is 2.24. The molecule has 0 radical (unpaired) electrons. The average molecular weight is 262 g/mol. The van der Waals surface area contributed by atoms with Crippen LogP contribution in [-0.4, -0.2) is 19.6 Å². The van der Waals surface area contributed by atoms with Crippen molar-refractivity contribution in [2.45, 2.75) is 46.8 Å². The molecule has 0 saturated heterocycles. The molecule has 0 aliphatic heterocycles. The van der Waals surface area contributed by atoms with Gasteiger partial charge in [0.2, 0.25) is 0 Å². The van der Waals surface area contributed by atoms with E-state index in [1.54, 1.807) is 0 Å². The topological polar surface area (TPSA) is 84.6 Å². The summed E-state index contributed by atoms with van der Waals surface area (Å²) in [6, 6.07) is 0. The number of phosphoric acid groups is 1. The lowest BCUT2D eigenvalue weighted by atomic mass is 9.85. The zero-order valence-electron chi connectivity index (χ0n) is 10.8. The standard InChI is InChI=1S/C10H19N2O4P/c1-7-9(10(3,4)5)8(2)12(11-7)6-16-17(13,14)15/h6H2,1-5H3,(H2,13,14,15). The van der Waals surface area contributed by atoms with Gasteiger partial charge >= 0.3 is 7.82 Å². The minimum atomic E-state index is -4.46. The molecule has 6 nitrogen and oxygen atoms in total. The number of hydrogen-bond donors (Lipinski definition) is 2. The van der Waals surface area contributed by atoms with E-state index in [-0.39, 0.29) is 12.1 Å². The summed E-state index contributed by atoms with van der Waals surface area (Å²) in [5, 5.41) is 4.23. The van der Waals surface area contributed by atoms with Crippen LogP contribution in [0.5, 0.6) is 0 Å². The van der Waals surface area contributed by atoms with Crippen molar-refractivity contribution >= 4 is 7.82 Å². The van der Waals surface area contributed by atoms with E-state index in [1.807, 2.05) is 13.8 Å². The predicted octanol–water partition coefficient (Wildman–Crippen LogP) is 1.86. The lowest BCUT2D eigenvalue weighted by molar-refractivity contribution is 0.144. The second-order valence-corrected chi connectivity index (χ2v) is 6.28. The van der Waals surface area contributed by atoms with Crippen LogP contribution >= 0.6 is 7.82 Å². The van der Waals surface area contributed by atoms with E-state index in [9.17, 15) is 4.57 Å². The number of aromatic nitrogens is 2. The zero-order chi connectivity index (χ0) is 13.4. The normalized spacial score (nSPS) is 13.1. The lowest BCUT2D eigenvalue weighted by Gasteiger charge is -2.19. The molecule has 0 atom stereocenters. The SMILES string of the molecule is Cc1nn(COP(=O)(O)O)c(C)c1C(C)(C)C. The molecular formula is C10H19N2O4P. The Bertz CT molecular complexity index is 456. The van der Waals surface area contributed by atoms with Gasteiger partial charge in [0.25, 0.3) is 0 Å². The van der Waals surface area contributed by atoms with Crippen molar-refractivity contribution in [3.05, 3.63) is 17.0 Å². The molecule has 1 heterocycles. The van der Waals surface area contributed by atoms with Crippen LogP contribution in [0.4, 0.5) is 0 Å². The van der Waals surface area contributed by atoms with Crippen molar-refractivity contribution in [2.75, 3.05) is 0 Å². The minimum absolute atomic E-state index is 0.0610. The van der Waals surface area contributed by atoms with Crippen molar-refractivity contribution in [3.8, 4) is 0 Å². The summed E-state index contributed by atoms with van der Waals surface area (Å²) in [5.74, 6) is 0.